The average molecular weight is 311 g/mol. The molecule has 0 unspecified atom stereocenters. The number of carbonyl (C=O) groups excluding carboxylic acids is 2. The average Bonchev–Trinajstić information content (AvgIpc) is 2.65. The lowest BCUT2D eigenvalue weighted by molar-refractivity contribution is -0.134. The number of nitrogens with zero attached hydrogens (tertiary/aromatic N) is 2. The summed E-state index contributed by atoms with van der Waals surface area (Å²) in [5.41, 5.74) is 0.379. The number of anilines is 1. The number of nitrogens with one attached hydrogen (secondary N) is 1. The smallest absolute Gasteiger partial charge is 0.340 e. The number of carbonyl (C=O) groups is 3. The highest BCUT2D eigenvalue weighted by Crippen LogP contribution is 2.24. The number of amides is 2. The van der Waals surface area contributed by atoms with Crippen LogP contribution in [0.2, 0.25) is 0 Å². The first-order valence-electron chi connectivity index (χ1n) is 6.76. The maximum atomic E-state index is 12.0. The van der Waals surface area contributed by atoms with E-state index in [4.69, 9.17) is 5.11 Å². The van der Waals surface area contributed by atoms with Crippen LogP contribution >= 0.6 is 11.5 Å². The van der Waals surface area contributed by atoms with Gasteiger partial charge in [0.05, 0.1) is 12.2 Å². The Morgan fingerprint density at radius 2 is 2.14 bits per heavy atom. The van der Waals surface area contributed by atoms with Gasteiger partial charge in [0.15, 0.2) is 0 Å². The number of hydrogen-bond donors (Lipinski definition) is 2. The van der Waals surface area contributed by atoms with E-state index in [2.05, 4.69) is 9.69 Å². The molecule has 1 aromatic rings. The van der Waals surface area contributed by atoms with Crippen molar-refractivity contribution in [1.82, 2.24) is 9.27 Å². The molecule has 114 valence electrons. The SMILES string of the molecule is Cc1nsc(NC(=O)CN2CCCCCC2=O)c1C(=O)O. The van der Waals surface area contributed by atoms with Crippen LogP contribution in [0.5, 0.6) is 0 Å². The molecule has 21 heavy (non-hydrogen) atoms. The fourth-order valence-electron chi connectivity index (χ4n) is 2.25. The molecule has 2 N–H and O–H groups in total. The normalized spacial score (nSPS) is 15.7. The van der Waals surface area contributed by atoms with Crippen LogP contribution < -0.4 is 5.32 Å². The van der Waals surface area contributed by atoms with Gasteiger partial charge in [-0.3, -0.25) is 9.59 Å². The molecule has 1 fully saturated rings. The molecule has 2 amide bonds. The fraction of sp³-hybridized carbons (Fsp3) is 0.538. The van der Waals surface area contributed by atoms with Crippen molar-refractivity contribution in [2.45, 2.75) is 32.6 Å². The second-order valence-corrected chi connectivity index (χ2v) is 5.72. The number of likely N-dealkylation sites (tertiary alicyclic amines) is 1. The summed E-state index contributed by atoms with van der Waals surface area (Å²) in [7, 11) is 0. The number of aromatic carboxylic acids is 1. The van der Waals surface area contributed by atoms with Crippen molar-refractivity contribution < 1.29 is 19.5 Å². The van der Waals surface area contributed by atoms with E-state index in [1.165, 1.54) is 4.90 Å². The van der Waals surface area contributed by atoms with Crippen molar-refractivity contribution >= 4 is 34.3 Å². The predicted octanol–water partition coefficient (Wildman–Crippen LogP) is 1.49. The lowest BCUT2D eigenvalue weighted by Crippen LogP contribution is -2.37. The minimum absolute atomic E-state index is 0.00976. The van der Waals surface area contributed by atoms with Gasteiger partial charge < -0.3 is 15.3 Å². The highest BCUT2D eigenvalue weighted by molar-refractivity contribution is 7.11. The number of carboxylic acids is 1. The second-order valence-electron chi connectivity index (χ2n) is 4.95. The minimum Gasteiger partial charge on any atom is -0.478 e. The summed E-state index contributed by atoms with van der Waals surface area (Å²) in [6.07, 6.45) is 3.20. The molecule has 7 nitrogen and oxygen atoms in total. The fourth-order valence-corrected chi connectivity index (χ4v) is 3.06. The molecular formula is C13H17N3O4S. The Morgan fingerprint density at radius 1 is 1.38 bits per heavy atom. The molecule has 0 atom stereocenters. The van der Waals surface area contributed by atoms with Crippen LogP contribution in [0.1, 0.15) is 41.7 Å². The zero-order chi connectivity index (χ0) is 15.4. The Hall–Kier alpha value is -1.96. The third kappa shape index (κ3) is 3.78. The maximum absolute atomic E-state index is 12.0. The van der Waals surface area contributed by atoms with Crippen LogP contribution in [0, 0.1) is 6.92 Å². The van der Waals surface area contributed by atoms with E-state index in [0.717, 1.165) is 30.8 Å². The van der Waals surface area contributed by atoms with Crippen LogP contribution in [-0.4, -0.2) is 45.3 Å². The van der Waals surface area contributed by atoms with Gasteiger partial charge in [0, 0.05) is 13.0 Å². The summed E-state index contributed by atoms with van der Waals surface area (Å²) >= 11 is 0.934. The third-order valence-corrected chi connectivity index (χ3v) is 4.19. The maximum Gasteiger partial charge on any atom is 0.340 e. The molecule has 0 spiro atoms. The number of rotatable bonds is 4. The highest BCUT2D eigenvalue weighted by Gasteiger charge is 2.22. The van der Waals surface area contributed by atoms with Crippen molar-refractivity contribution in [2.75, 3.05) is 18.4 Å². The predicted molar refractivity (Wildman–Crippen MR) is 77.5 cm³/mol. The molecule has 2 rings (SSSR count). The Kier molecular flexibility index (Phi) is 4.89. The number of carboxylic acid groups (broad SMARTS) is 1. The lowest BCUT2D eigenvalue weighted by Gasteiger charge is -2.19. The van der Waals surface area contributed by atoms with Crippen molar-refractivity contribution in [3.05, 3.63) is 11.3 Å². The van der Waals surface area contributed by atoms with E-state index in [1.807, 2.05) is 0 Å². The van der Waals surface area contributed by atoms with Crippen LogP contribution in [0.25, 0.3) is 0 Å². The first kappa shape index (κ1) is 15.4. The van der Waals surface area contributed by atoms with E-state index < -0.39 is 11.9 Å². The Balaban J connectivity index is 2.01. The summed E-state index contributed by atoms with van der Waals surface area (Å²) in [6.45, 7) is 2.10. The van der Waals surface area contributed by atoms with Crippen molar-refractivity contribution in [1.29, 1.82) is 0 Å². The summed E-state index contributed by atoms with van der Waals surface area (Å²) in [6, 6.07) is 0. The number of aryl methyl sites for hydroxylation is 1. The van der Waals surface area contributed by atoms with E-state index in [0.29, 0.717) is 18.7 Å². The van der Waals surface area contributed by atoms with E-state index >= 15 is 0 Å². The van der Waals surface area contributed by atoms with Gasteiger partial charge in [0.25, 0.3) is 0 Å². The molecule has 1 aromatic heterocycles. The molecule has 1 saturated heterocycles. The van der Waals surface area contributed by atoms with E-state index in [1.54, 1.807) is 6.92 Å². The molecule has 1 aliphatic rings. The molecule has 2 heterocycles. The topological polar surface area (TPSA) is 99.6 Å². The summed E-state index contributed by atoms with van der Waals surface area (Å²) < 4.78 is 3.93. The third-order valence-electron chi connectivity index (χ3n) is 3.34. The van der Waals surface area contributed by atoms with Crippen molar-refractivity contribution in [2.24, 2.45) is 0 Å². The van der Waals surface area contributed by atoms with Gasteiger partial charge in [-0.05, 0) is 31.3 Å². The lowest BCUT2D eigenvalue weighted by atomic mass is 10.2. The Labute approximate surface area is 126 Å². The summed E-state index contributed by atoms with van der Waals surface area (Å²) in [5, 5.41) is 11.9. The molecule has 1 aliphatic heterocycles. The zero-order valence-electron chi connectivity index (χ0n) is 11.7. The molecule has 8 heteroatoms. The number of aromatic nitrogens is 1. The standard InChI is InChI=1S/C13H17N3O4S/c1-8-11(13(19)20)12(21-15-8)14-9(17)7-16-6-4-2-3-5-10(16)18/h2-7H2,1H3,(H,14,17)(H,19,20). The van der Waals surface area contributed by atoms with Gasteiger partial charge in [-0.1, -0.05) is 6.42 Å². The van der Waals surface area contributed by atoms with E-state index in [9.17, 15) is 14.4 Å². The van der Waals surface area contributed by atoms with Gasteiger partial charge in [-0.15, -0.1) is 0 Å². The molecule has 0 bridgehead atoms. The van der Waals surface area contributed by atoms with Gasteiger partial charge in [-0.25, -0.2) is 4.79 Å². The van der Waals surface area contributed by atoms with E-state index in [-0.39, 0.29) is 23.0 Å². The molecule has 0 radical (unpaired) electrons. The summed E-state index contributed by atoms with van der Waals surface area (Å²) in [5.74, 6) is -1.54. The van der Waals surface area contributed by atoms with Crippen molar-refractivity contribution in [3.8, 4) is 0 Å². The number of hydrogen-bond acceptors (Lipinski definition) is 5. The second kappa shape index (κ2) is 6.66. The van der Waals surface area contributed by atoms with Gasteiger partial charge >= 0.3 is 5.97 Å². The van der Waals surface area contributed by atoms with Crippen LogP contribution in [-0.2, 0) is 9.59 Å². The molecular weight excluding hydrogens is 294 g/mol. The van der Waals surface area contributed by atoms with Crippen LogP contribution in [0.3, 0.4) is 0 Å². The first-order chi connectivity index (χ1) is 9.99. The Morgan fingerprint density at radius 3 is 2.86 bits per heavy atom. The first-order valence-corrected chi connectivity index (χ1v) is 7.53. The van der Waals surface area contributed by atoms with Crippen LogP contribution in [0.15, 0.2) is 0 Å². The van der Waals surface area contributed by atoms with Crippen LogP contribution in [0.4, 0.5) is 5.00 Å². The van der Waals surface area contributed by atoms with Crippen molar-refractivity contribution in [3.63, 3.8) is 0 Å². The van der Waals surface area contributed by atoms with Gasteiger partial charge in [0.1, 0.15) is 10.6 Å². The molecule has 0 saturated carbocycles. The monoisotopic (exact) mass is 311 g/mol. The minimum atomic E-state index is -1.12. The van der Waals surface area contributed by atoms with Gasteiger partial charge in [-0.2, -0.15) is 4.37 Å². The highest BCUT2D eigenvalue weighted by atomic mass is 32.1. The molecule has 0 aromatic carbocycles. The Bertz CT molecular complexity index is 570. The summed E-state index contributed by atoms with van der Waals surface area (Å²) in [4.78, 5) is 36.5. The largest absolute Gasteiger partial charge is 0.478 e. The molecule has 0 aliphatic carbocycles. The zero-order valence-corrected chi connectivity index (χ0v) is 12.5. The quantitative estimate of drug-likeness (QED) is 0.877. The van der Waals surface area contributed by atoms with Gasteiger partial charge in [0.2, 0.25) is 11.8 Å².